The number of rotatable bonds is 15. The minimum atomic E-state index is -0.0862. The predicted molar refractivity (Wildman–Crippen MR) is 109 cm³/mol. The summed E-state index contributed by atoms with van der Waals surface area (Å²) in [6, 6.07) is 10.4. The summed E-state index contributed by atoms with van der Waals surface area (Å²) in [4.78, 5) is 11.7. The van der Waals surface area contributed by atoms with Crippen molar-refractivity contribution in [3.05, 3.63) is 48.6 Å². The number of nitrogens with one attached hydrogen (secondary N) is 1. The van der Waals surface area contributed by atoms with Gasteiger partial charge in [-0.3, -0.25) is 4.79 Å². The summed E-state index contributed by atoms with van der Waals surface area (Å²) >= 11 is 0. The van der Waals surface area contributed by atoms with Gasteiger partial charge in [-0.2, -0.15) is 0 Å². The molecule has 0 aliphatic rings. The lowest BCUT2D eigenvalue weighted by Crippen LogP contribution is -2.26. The molecule has 1 aromatic carbocycles. The van der Waals surface area contributed by atoms with Crippen LogP contribution in [0.5, 0.6) is 0 Å². The molecule has 1 N–H and O–H groups in total. The molecule has 1 amide bonds. The zero-order valence-corrected chi connectivity index (χ0v) is 16.1. The number of benzene rings is 1. The van der Waals surface area contributed by atoms with Crippen LogP contribution in [0.4, 0.5) is 0 Å². The lowest BCUT2D eigenvalue weighted by atomic mass is 9.99. The van der Waals surface area contributed by atoms with Gasteiger partial charge in [0.2, 0.25) is 5.91 Å². The molecule has 0 spiro atoms. The Kier molecular flexibility index (Phi) is 12.7. The molecule has 2 nitrogen and oxygen atoms in total. The quantitative estimate of drug-likeness (QED) is 0.277. The van der Waals surface area contributed by atoms with E-state index in [0.29, 0.717) is 0 Å². The highest BCUT2D eigenvalue weighted by Gasteiger charge is 2.12. The summed E-state index contributed by atoms with van der Waals surface area (Å²) in [7, 11) is 0. The average molecular weight is 344 g/mol. The Morgan fingerprint density at radius 3 is 1.96 bits per heavy atom. The molecular weight excluding hydrogens is 306 g/mol. The van der Waals surface area contributed by atoms with Gasteiger partial charge in [0, 0.05) is 0 Å². The molecule has 0 aliphatic carbocycles. The second-order valence-corrected chi connectivity index (χ2v) is 7.00. The van der Waals surface area contributed by atoms with Gasteiger partial charge in [0.05, 0.1) is 6.04 Å². The number of hydrogen-bond donors (Lipinski definition) is 1. The molecule has 0 saturated carbocycles. The maximum absolute atomic E-state index is 11.7. The fraction of sp³-hybridized carbons (Fsp3) is 0.609. The maximum Gasteiger partial charge on any atom is 0.243 e. The normalized spacial score (nSPS) is 11.9. The van der Waals surface area contributed by atoms with Gasteiger partial charge in [0.1, 0.15) is 0 Å². The standard InChI is InChI=1S/C23H37NO/c1-3-5-6-7-8-9-10-11-12-13-17-20-22(24-23(25)4-2)21-18-15-14-16-19-21/h4,14-16,18-19,22H,2-3,5-13,17,20H2,1H3,(H,24,25). The summed E-state index contributed by atoms with van der Waals surface area (Å²) in [5, 5.41) is 3.06. The summed E-state index contributed by atoms with van der Waals surface area (Å²) in [6.45, 7) is 5.83. The van der Waals surface area contributed by atoms with Crippen LogP contribution in [0.15, 0.2) is 43.0 Å². The first-order valence-electron chi connectivity index (χ1n) is 10.3. The van der Waals surface area contributed by atoms with E-state index in [1.54, 1.807) is 0 Å². The molecule has 140 valence electrons. The molecule has 1 rings (SSSR count). The van der Waals surface area contributed by atoms with Gasteiger partial charge in [-0.05, 0) is 18.1 Å². The second kappa shape index (κ2) is 14.7. The number of carbonyl (C=O) groups is 1. The van der Waals surface area contributed by atoms with Crippen LogP contribution in [0.2, 0.25) is 0 Å². The molecule has 0 bridgehead atoms. The van der Waals surface area contributed by atoms with Crippen LogP contribution in [-0.4, -0.2) is 5.91 Å². The number of hydrogen-bond acceptors (Lipinski definition) is 1. The van der Waals surface area contributed by atoms with Gasteiger partial charge in [0.25, 0.3) is 0 Å². The Labute approximate surface area is 155 Å². The van der Waals surface area contributed by atoms with Crippen molar-refractivity contribution < 1.29 is 4.79 Å². The van der Waals surface area contributed by atoms with Crippen molar-refractivity contribution in [2.24, 2.45) is 0 Å². The zero-order valence-electron chi connectivity index (χ0n) is 16.1. The fourth-order valence-electron chi connectivity index (χ4n) is 3.25. The molecule has 0 fully saturated rings. The highest BCUT2D eigenvalue weighted by atomic mass is 16.1. The molecule has 2 heteroatoms. The van der Waals surface area contributed by atoms with Crippen molar-refractivity contribution in [2.75, 3.05) is 0 Å². The SMILES string of the molecule is C=CC(=O)NC(CCCCCCCCCCCCC)c1ccccc1. The minimum absolute atomic E-state index is 0.0862. The smallest absolute Gasteiger partial charge is 0.243 e. The maximum atomic E-state index is 11.7. The molecule has 0 aliphatic heterocycles. The molecular formula is C23H37NO. The van der Waals surface area contributed by atoms with Gasteiger partial charge in [0.15, 0.2) is 0 Å². The molecule has 1 atom stereocenters. The van der Waals surface area contributed by atoms with E-state index < -0.39 is 0 Å². The number of amides is 1. The molecule has 25 heavy (non-hydrogen) atoms. The van der Waals surface area contributed by atoms with E-state index >= 15 is 0 Å². The Morgan fingerprint density at radius 2 is 1.44 bits per heavy atom. The van der Waals surface area contributed by atoms with E-state index in [1.807, 2.05) is 18.2 Å². The van der Waals surface area contributed by atoms with Gasteiger partial charge in [-0.15, -0.1) is 0 Å². The van der Waals surface area contributed by atoms with Crippen LogP contribution in [0.1, 0.15) is 95.6 Å². The Bertz CT molecular complexity index is 454. The fourth-order valence-corrected chi connectivity index (χ4v) is 3.25. The third-order valence-corrected chi connectivity index (χ3v) is 4.80. The van der Waals surface area contributed by atoms with Crippen LogP contribution in [0.3, 0.4) is 0 Å². The molecule has 1 unspecified atom stereocenters. The van der Waals surface area contributed by atoms with Crippen molar-refractivity contribution in [3.8, 4) is 0 Å². The molecule has 0 radical (unpaired) electrons. The van der Waals surface area contributed by atoms with E-state index in [1.165, 1.54) is 75.8 Å². The zero-order chi connectivity index (χ0) is 18.2. The van der Waals surface area contributed by atoms with Crippen molar-refractivity contribution in [1.82, 2.24) is 5.32 Å². The Morgan fingerprint density at radius 1 is 0.920 bits per heavy atom. The van der Waals surface area contributed by atoms with Gasteiger partial charge in [-0.25, -0.2) is 0 Å². The lowest BCUT2D eigenvalue weighted by Gasteiger charge is -2.18. The monoisotopic (exact) mass is 343 g/mol. The first-order valence-corrected chi connectivity index (χ1v) is 10.3. The molecule has 0 heterocycles. The third-order valence-electron chi connectivity index (χ3n) is 4.80. The van der Waals surface area contributed by atoms with Gasteiger partial charge >= 0.3 is 0 Å². The summed E-state index contributed by atoms with van der Waals surface area (Å²) < 4.78 is 0. The lowest BCUT2D eigenvalue weighted by molar-refractivity contribution is -0.117. The Balaban J connectivity index is 2.14. The summed E-state index contributed by atoms with van der Waals surface area (Å²) in [6.07, 6.45) is 17.2. The summed E-state index contributed by atoms with van der Waals surface area (Å²) in [5.41, 5.74) is 1.18. The highest BCUT2D eigenvalue weighted by Crippen LogP contribution is 2.20. The van der Waals surface area contributed by atoms with Crippen molar-refractivity contribution in [1.29, 1.82) is 0 Å². The van der Waals surface area contributed by atoms with Crippen LogP contribution >= 0.6 is 0 Å². The van der Waals surface area contributed by atoms with Crippen molar-refractivity contribution in [3.63, 3.8) is 0 Å². The van der Waals surface area contributed by atoms with E-state index in [9.17, 15) is 4.79 Å². The van der Waals surface area contributed by atoms with E-state index in [2.05, 4.69) is 31.0 Å². The van der Waals surface area contributed by atoms with E-state index in [-0.39, 0.29) is 11.9 Å². The second-order valence-electron chi connectivity index (χ2n) is 7.00. The largest absolute Gasteiger partial charge is 0.346 e. The van der Waals surface area contributed by atoms with Crippen LogP contribution < -0.4 is 5.32 Å². The molecule has 0 saturated heterocycles. The predicted octanol–water partition coefficient (Wildman–Crippen LogP) is 6.73. The highest BCUT2D eigenvalue weighted by molar-refractivity contribution is 5.87. The Hall–Kier alpha value is -1.57. The minimum Gasteiger partial charge on any atom is -0.346 e. The summed E-state index contributed by atoms with van der Waals surface area (Å²) in [5.74, 6) is -0.0862. The molecule has 1 aromatic rings. The average Bonchev–Trinajstić information content (AvgIpc) is 2.65. The number of carbonyl (C=O) groups excluding carboxylic acids is 1. The van der Waals surface area contributed by atoms with E-state index in [0.717, 1.165) is 12.8 Å². The third kappa shape index (κ3) is 10.8. The number of unbranched alkanes of at least 4 members (excludes halogenated alkanes) is 10. The van der Waals surface area contributed by atoms with Crippen LogP contribution in [0.25, 0.3) is 0 Å². The first-order chi connectivity index (χ1) is 12.3. The van der Waals surface area contributed by atoms with Crippen LogP contribution in [0, 0.1) is 0 Å². The van der Waals surface area contributed by atoms with Gasteiger partial charge in [-0.1, -0.05) is 114 Å². The topological polar surface area (TPSA) is 29.1 Å². The van der Waals surface area contributed by atoms with Gasteiger partial charge < -0.3 is 5.32 Å². The first kappa shape index (κ1) is 21.5. The van der Waals surface area contributed by atoms with Crippen molar-refractivity contribution in [2.45, 2.75) is 90.0 Å². The van der Waals surface area contributed by atoms with E-state index in [4.69, 9.17) is 0 Å². The molecule has 0 aromatic heterocycles. The van der Waals surface area contributed by atoms with Crippen LogP contribution in [-0.2, 0) is 4.79 Å². The van der Waals surface area contributed by atoms with Crippen molar-refractivity contribution >= 4 is 5.91 Å².